The molecule has 0 bridgehead atoms. The van der Waals surface area contributed by atoms with E-state index >= 15 is 0 Å². The molecule has 27 heavy (non-hydrogen) atoms. The van der Waals surface area contributed by atoms with E-state index in [0.29, 0.717) is 5.82 Å². The summed E-state index contributed by atoms with van der Waals surface area (Å²) in [5, 5.41) is 5.07. The standard InChI is InChI=1S/C20H15BrClN3O2/c1-12-10-18(23-11-16(12)13-6-8-14(21)9-7-13)24-20(27)25-19(26)15-4-2-3-5-17(15)22/h2-11H,1H3,(H2,23,24,25,26,27). The van der Waals surface area contributed by atoms with Crippen LogP contribution in [0.4, 0.5) is 10.6 Å². The second kappa shape index (κ2) is 8.33. The van der Waals surface area contributed by atoms with Crippen LogP contribution >= 0.6 is 27.5 Å². The summed E-state index contributed by atoms with van der Waals surface area (Å²) in [5.74, 6) is -0.237. The molecule has 3 amide bonds. The van der Waals surface area contributed by atoms with Crippen molar-refractivity contribution in [2.24, 2.45) is 0 Å². The highest BCUT2D eigenvalue weighted by molar-refractivity contribution is 9.10. The van der Waals surface area contributed by atoms with E-state index in [1.54, 1.807) is 36.5 Å². The fraction of sp³-hybridized carbons (Fsp3) is 0.0500. The molecule has 0 aliphatic carbocycles. The van der Waals surface area contributed by atoms with E-state index in [1.807, 2.05) is 31.2 Å². The highest BCUT2D eigenvalue weighted by Crippen LogP contribution is 2.25. The summed E-state index contributed by atoms with van der Waals surface area (Å²) in [4.78, 5) is 28.5. The van der Waals surface area contributed by atoms with E-state index in [0.717, 1.165) is 21.2 Å². The lowest BCUT2D eigenvalue weighted by Crippen LogP contribution is -2.34. The first-order valence-electron chi connectivity index (χ1n) is 8.03. The summed E-state index contributed by atoms with van der Waals surface area (Å²) in [6.45, 7) is 1.93. The Balaban J connectivity index is 1.69. The molecule has 0 aliphatic rings. The number of imide groups is 1. The van der Waals surface area contributed by atoms with Gasteiger partial charge in [-0.3, -0.25) is 15.4 Å². The summed E-state index contributed by atoms with van der Waals surface area (Å²) in [6.07, 6.45) is 1.68. The van der Waals surface area contributed by atoms with Crippen molar-refractivity contribution in [2.75, 3.05) is 5.32 Å². The SMILES string of the molecule is Cc1cc(NC(=O)NC(=O)c2ccccc2Cl)ncc1-c1ccc(Br)cc1. The van der Waals surface area contributed by atoms with Crippen molar-refractivity contribution >= 4 is 45.3 Å². The lowest BCUT2D eigenvalue weighted by atomic mass is 10.0. The minimum absolute atomic E-state index is 0.226. The molecule has 0 saturated carbocycles. The minimum atomic E-state index is -0.678. The number of anilines is 1. The van der Waals surface area contributed by atoms with E-state index in [2.05, 4.69) is 31.5 Å². The molecule has 1 aromatic heterocycles. The quantitative estimate of drug-likeness (QED) is 0.565. The normalized spacial score (nSPS) is 10.3. The molecule has 2 N–H and O–H groups in total. The van der Waals surface area contributed by atoms with E-state index in [9.17, 15) is 9.59 Å². The van der Waals surface area contributed by atoms with Gasteiger partial charge in [0.25, 0.3) is 5.91 Å². The third kappa shape index (κ3) is 4.72. The van der Waals surface area contributed by atoms with Gasteiger partial charge < -0.3 is 0 Å². The molecular formula is C20H15BrClN3O2. The average Bonchev–Trinajstić information content (AvgIpc) is 2.63. The molecule has 0 aliphatic heterocycles. The maximum absolute atomic E-state index is 12.1. The molecule has 3 aromatic rings. The number of urea groups is 1. The summed E-state index contributed by atoms with van der Waals surface area (Å²) >= 11 is 9.37. The van der Waals surface area contributed by atoms with Crippen molar-refractivity contribution in [2.45, 2.75) is 6.92 Å². The Kier molecular flexibility index (Phi) is 5.88. The van der Waals surface area contributed by atoms with E-state index in [-0.39, 0.29) is 10.6 Å². The van der Waals surface area contributed by atoms with Crippen LogP contribution in [0.2, 0.25) is 5.02 Å². The Bertz CT molecular complexity index is 1010. The van der Waals surface area contributed by atoms with Crippen molar-refractivity contribution < 1.29 is 9.59 Å². The van der Waals surface area contributed by atoms with Crippen LogP contribution in [0.25, 0.3) is 11.1 Å². The van der Waals surface area contributed by atoms with Crippen molar-refractivity contribution in [3.8, 4) is 11.1 Å². The van der Waals surface area contributed by atoms with Crippen molar-refractivity contribution in [1.29, 1.82) is 0 Å². The van der Waals surface area contributed by atoms with Crippen LogP contribution in [0.5, 0.6) is 0 Å². The molecule has 136 valence electrons. The highest BCUT2D eigenvalue weighted by atomic mass is 79.9. The second-order valence-corrected chi connectivity index (χ2v) is 7.10. The number of aromatic nitrogens is 1. The fourth-order valence-corrected chi connectivity index (χ4v) is 3.01. The van der Waals surface area contributed by atoms with Gasteiger partial charge in [0.2, 0.25) is 0 Å². The lowest BCUT2D eigenvalue weighted by Gasteiger charge is -2.10. The van der Waals surface area contributed by atoms with Crippen LogP contribution in [-0.4, -0.2) is 16.9 Å². The Morgan fingerprint density at radius 3 is 2.44 bits per heavy atom. The number of halogens is 2. The topological polar surface area (TPSA) is 71.1 Å². The molecule has 7 heteroatoms. The number of hydrogen-bond acceptors (Lipinski definition) is 3. The van der Waals surface area contributed by atoms with E-state index in [4.69, 9.17) is 11.6 Å². The van der Waals surface area contributed by atoms with Gasteiger partial charge in [-0.15, -0.1) is 0 Å². The van der Waals surface area contributed by atoms with Gasteiger partial charge in [0, 0.05) is 16.2 Å². The van der Waals surface area contributed by atoms with Gasteiger partial charge in [-0.1, -0.05) is 51.8 Å². The third-order valence-electron chi connectivity index (χ3n) is 3.85. The van der Waals surface area contributed by atoms with Gasteiger partial charge >= 0.3 is 6.03 Å². The number of carbonyl (C=O) groups excluding carboxylic acids is 2. The summed E-state index contributed by atoms with van der Waals surface area (Å²) < 4.78 is 0.995. The van der Waals surface area contributed by atoms with Crippen LogP contribution in [0.1, 0.15) is 15.9 Å². The third-order valence-corrected chi connectivity index (χ3v) is 4.71. The summed E-state index contributed by atoms with van der Waals surface area (Å²) in [7, 11) is 0. The number of nitrogens with one attached hydrogen (secondary N) is 2. The van der Waals surface area contributed by atoms with Crippen LogP contribution < -0.4 is 10.6 Å². The smallest absolute Gasteiger partial charge is 0.292 e. The minimum Gasteiger partial charge on any atom is -0.292 e. The zero-order chi connectivity index (χ0) is 19.4. The van der Waals surface area contributed by atoms with Gasteiger partial charge in [-0.25, -0.2) is 9.78 Å². The number of carbonyl (C=O) groups is 2. The zero-order valence-electron chi connectivity index (χ0n) is 14.3. The Morgan fingerprint density at radius 1 is 1.07 bits per heavy atom. The van der Waals surface area contributed by atoms with Gasteiger partial charge in [0.15, 0.2) is 0 Å². The number of pyridine rings is 1. The molecule has 3 rings (SSSR count). The molecule has 0 unspecified atom stereocenters. The molecule has 5 nitrogen and oxygen atoms in total. The molecule has 0 fully saturated rings. The first-order chi connectivity index (χ1) is 12.9. The fourth-order valence-electron chi connectivity index (χ4n) is 2.52. The van der Waals surface area contributed by atoms with Gasteiger partial charge in [0.05, 0.1) is 10.6 Å². The van der Waals surface area contributed by atoms with Gasteiger partial charge in [-0.05, 0) is 48.4 Å². The zero-order valence-corrected chi connectivity index (χ0v) is 16.6. The molecule has 0 radical (unpaired) electrons. The molecule has 2 aromatic carbocycles. The number of nitrogens with zero attached hydrogens (tertiary/aromatic N) is 1. The van der Waals surface area contributed by atoms with Crippen LogP contribution in [-0.2, 0) is 0 Å². The maximum atomic E-state index is 12.1. The van der Waals surface area contributed by atoms with Gasteiger partial charge in [-0.2, -0.15) is 0 Å². The summed E-state index contributed by atoms with van der Waals surface area (Å²) in [6, 6.07) is 15.4. The Labute approximate surface area is 169 Å². The molecule has 0 spiro atoms. The molecule has 1 heterocycles. The number of hydrogen-bond donors (Lipinski definition) is 2. The van der Waals surface area contributed by atoms with E-state index < -0.39 is 11.9 Å². The predicted molar refractivity (Wildman–Crippen MR) is 110 cm³/mol. The Morgan fingerprint density at radius 2 is 1.78 bits per heavy atom. The predicted octanol–water partition coefficient (Wildman–Crippen LogP) is 5.43. The maximum Gasteiger partial charge on any atom is 0.327 e. The largest absolute Gasteiger partial charge is 0.327 e. The highest BCUT2D eigenvalue weighted by Gasteiger charge is 2.14. The lowest BCUT2D eigenvalue weighted by molar-refractivity contribution is 0.0967. The first-order valence-corrected chi connectivity index (χ1v) is 9.20. The Hall–Kier alpha value is -2.70. The van der Waals surface area contributed by atoms with Crippen molar-refractivity contribution in [1.82, 2.24) is 10.3 Å². The molecule has 0 saturated heterocycles. The molecular weight excluding hydrogens is 430 g/mol. The number of rotatable bonds is 3. The number of benzene rings is 2. The van der Waals surface area contributed by atoms with E-state index in [1.165, 1.54) is 0 Å². The number of aryl methyl sites for hydroxylation is 1. The van der Waals surface area contributed by atoms with Crippen LogP contribution in [0.3, 0.4) is 0 Å². The van der Waals surface area contributed by atoms with Crippen molar-refractivity contribution in [3.63, 3.8) is 0 Å². The number of amides is 3. The average molecular weight is 445 g/mol. The second-order valence-electron chi connectivity index (χ2n) is 5.78. The van der Waals surface area contributed by atoms with Gasteiger partial charge in [0.1, 0.15) is 5.82 Å². The van der Waals surface area contributed by atoms with Crippen LogP contribution in [0.15, 0.2) is 65.3 Å². The monoisotopic (exact) mass is 443 g/mol. The van der Waals surface area contributed by atoms with Crippen LogP contribution in [0, 0.1) is 6.92 Å². The van der Waals surface area contributed by atoms with Crippen molar-refractivity contribution in [3.05, 3.63) is 81.4 Å². The molecule has 0 atom stereocenters. The summed E-state index contributed by atoms with van der Waals surface area (Å²) in [5.41, 5.74) is 3.15. The first kappa shape index (κ1) is 19.1.